The van der Waals surface area contributed by atoms with Crippen LogP contribution < -0.4 is 17.0 Å². The van der Waals surface area contributed by atoms with Gasteiger partial charge in [-0.15, -0.1) is 10.3 Å². The lowest BCUT2D eigenvalue weighted by Gasteiger charge is -2.21. The number of nitrogens with two attached hydrogens (primary N) is 2. The third-order valence-electron chi connectivity index (χ3n) is 3.60. The molecule has 0 fully saturated rings. The number of nitrogens with zero attached hydrogens (tertiary/aromatic N) is 2. The van der Waals surface area contributed by atoms with Gasteiger partial charge in [-0.3, -0.25) is 5.43 Å². The molecule has 0 saturated carbocycles. The summed E-state index contributed by atoms with van der Waals surface area (Å²) in [5, 5.41) is 5.03. The molecule has 0 atom stereocenters. The molecule has 20 heavy (non-hydrogen) atoms. The van der Waals surface area contributed by atoms with Crippen molar-refractivity contribution in [3.05, 3.63) is 11.8 Å². The molecule has 1 heterocycles. The van der Waals surface area contributed by atoms with Crippen LogP contribution in [0.3, 0.4) is 0 Å². The first-order valence-corrected chi connectivity index (χ1v) is 8.08. The van der Waals surface area contributed by atoms with E-state index in [-0.39, 0.29) is 0 Å². The number of nitrogens with one attached hydrogen (secondary N) is 1. The molecule has 0 bridgehead atoms. The monoisotopic (exact) mass is 281 g/mol. The maximum Gasteiger partial charge on any atom is 0.148 e. The molecule has 0 unspecified atom stereocenters. The van der Waals surface area contributed by atoms with E-state index >= 15 is 0 Å². The molecule has 0 aromatic carbocycles. The maximum absolute atomic E-state index is 5.65. The molecule has 5 N–H and O–H groups in total. The van der Waals surface area contributed by atoms with E-state index in [9.17, 15) is 0 Å². The maximum atomic E-state index is 5.65. The summed E-state index contributed by atoms with van der Waals surface area (Å²) in [4.78, 5) is 0. The molecule has 0 spiro atoms. The zero-order chi connectivity index (χ0) is 14.6. The zero-order valence-electron chi connectivity index (χ0n) is 12.9. The van der Waals surface area contributed by atoms with Gasteiger partial charge in [0.1, 0.15) is 5.84 Å². The lowest BCUT2D eigenvalue weighted by atomic mass is 10.1. The van der Waals surface area contributed by atoms with Crippen molar-refractivity contribution in [1.29, 1.82) is 0 Å². The van der Waals surface area contributed by atoms with Crippen LogP contribution in [0.1, 0.15) is 77.6 Å². The Morgan fingerprint density at radius 2 is 1.55 bits per heavy atom. The average Bonchev–Trinajstić information content (AvgIpc) is 2.40. The Kier molecular flexibility index (Phi) is 8.87. The van der Waals surface area contributed by atoms with Gasteiger partial charge in [-0.05, 0) is 12.8 Å². The normalized spacial score (nSPS) is 14.8. The Bertz CT molecular complexity index is 311. The highest BCUT2D eigenvalue weighted by Crippen LogP contribution is 2.13. The van der Waals surface area contributed by atoms with Crippen LogP contribution in [0.5, 0.6) is 0 Å². The Balaban J connectivity index is 1.91. The van der Waals surface area contributed by atoms with Crippen LogP contribution in [0, 0.1) is 0 Å². The van der Waals surface area contributed by atoms with E-state index in [1.54, 1.807) is 0 Å². The van der Waals surface area contributed by atoms with Crippen molar-refractivity contribution < 1.29 is 0 Å². The summed E-state index contributed by atoms with van der Waals surface area (Å²) in [6, 6.07) is 0. The third-order valence-corrected chi connectivity index (χ3v) is 3.60. The van der Waals surface area contributed by atoms with Crippen molar-refractivity contribution in [1.82, 2.24) is 10.7 Å². The second kappa shape index (κ2) is 10.5. The summed E-state index contributed by atoms with van der Waals surface area (Å²) in [6.45, 7) is 2.26. The van der Waals surface area contributed by atoms with E-state index in [1.807, 2.05) is 6.08 Å². The molecule has 1 rings (SSSR count). The fraction of sp³-hybridized carbons (Fsp3) is 0.800. The first kappa shape index (κ1) is 16.8. The van der Waals surface area contributed by atoms with E-state index in [1.165, 1.54) is 69.4 Å². The van der Waals surface area contributed by atoms with Crippen molar-refractivity contribution in [3.63, 3.8) is 0 Å². The van der Waals surface area contributed by atoms with E-state index in [4.69, 9.17) is 11.6 Å². The van der Waals surface area contributed by atoms with Gasteiger partial charge in [0.15, 0.2) is 0 Å². The van der Waals surface area contributed by atoms with Crippen molar-refractivity contribution in [2.45, 2.75) is 77.6 Å². The van der Waals surface area contributed by atoms with Gasteiger partial charge in [0.2, 0.25) is 0 Å². The minimum Gasteiger partial charge on any atom is -0.382 e. The highest BCUT2D eigenvalue weighted by Gasteiger charge is 2.07. The second-order valence-corrected chi connectivity index (χ2v) is 5.58. The average molecular weight is 281 g/mol. The predicted molar refractivity (Wildman–Crippen MR) is 85.3 cm³/mol. The molecule has 116 valence electrons. The number of unbranched alkanes of at least 4 members (excludes halogenated alkanes) is 9. The molecule has 0 saturated heterocycles. The summed E-state index contributed by atoms with van der Waals surface area (Å²) in [5.74, 6) is 6.02. The van der Waals surface area contributed by atoms with Crippen molar-refractivity contribution in [2.24, 2.45) is 16.7 Å². The number of amidine groups is 1. The molecule has 5 nitrogen and oxygen atoms in total. The first-order valence-electron chi connectivity index (χ1n) is 8.08. The molecule has 0 aliphatic carbocycles. The minimum atomic E-state index is 0.466. The number of hydrogen-bond acceptors (Lipinski definition) is 5. The van der Waals surface area contributed by atoms with Crippen LogP contribution in [0.25, 0.3) is 0 Å². The topological polar surface area (TPSA) is 79.7 Å². The van der Waals surface area contributed by atoms with Gasteiger partial charge in [-0.1, -0.05) is 64.7 Å². The molecule has 1 aliphatic rings. The van der Waals surface area contributed by atoms with Crippen molar-refractivity contribution in [2.75, 3.05) is 0 Å². The molecule has 5 heteroatoms. The van der Waals surface area contributed by atoms with Crippen LogP contribution in [-0.4, -0.2) is 11.1 Å². The van der Waals surface area contributed by atoms with Gasteiger partial charge in [-0.2, -0.15) is 0 Å². The number of allylic oxidation sites excluding steroid dienone is 1. The fourth-order valence-corrected chi connectivity index (χ4v) is 2.47. The molecule has 0 aromatic heterocycles. The second-order valence-electron chi connectivity index (χ2n) is 5.58. The first-order chi connectivity index (χ1) is 9.72. The highest BCUT2D eigenvalue weighted by atomic mass is 15.8. The third kappa shape index (κ3) is 8.04. The van der Waals surface area contributed by atoms with Crippen molar-refractivity contribution in [3.8, 4) is 0 Å². The Hall–Kier alpha value is -1.23. The highest BCUT2D eigenvalue weighted by molar-refractivity contribution is 5.92. The summed E-state index contributed by atoms with van der Waals surface area (Å²) < 4.78 is 0. The van der Waals surface area contributed by atoms with Gasteiger partial charge in [0, 0.05) is 11.8 Å². The van der Waals surface area contributed by atoms with E-state index in [0.29, 0.717) is 5.84 Å². The zero-order valence-corrected chi connectivity index (χ0v) is 12.9. The van der Waals surface area contributed by atoms with E-state index in [2.05, 4.69) is 17.5 Å². The molecule has 0 aromatic rings. The van der Waals surface area contributed by atoms with Crippen LogP contribution in [0.2, 0.25) is 0 Å². The van der Waals surface area contributed by atoms with E-state index < -0.39 is 0 Å². The Morgan fingerprint density at radius 1 is 1.00 bits per heavy atom. The van der Waals surface area contributed by atoms with Crippen molar-refractivity contribution >= 4 is 5.84 Å². The summed E-state index contributed by atoms with van der Waals surface area (Å²) in [5.41, 5.74) is 9.68. The smallest absolute Gasteiger partial charge is 0.148 e. The number of hydrazone groups is 1. The summed E-state index contributed by atoms with van der Waals surface area (Å²) in [7, 11) is 0. The lowest BCUT2D eigenvalue weighted by molar-refractivity contribution is 0.220. The predicted octanol–water partition coefficient (Wildman–Crippen LogP) is 3.15. The summed E-state index contributed by atoms with van der Waals surface area (Å²) in [6.07, 6.45) is 16.3. The lowest BCUT2D eigenvalue weighted by Crippen LogP contribution is -2.43. The Morgan fingerprint density at radius 3 is 2.10 bits per heavy atom. The minimum absolute atomic E-state index is 0.466. The van der Waals surface area contributed by atoms with Crippen LogP contribution in [0.4, 0.5) is 0 Å². The quantitative estimate of drug-likeness (QED) is 0.401. The largest absolute Gasteiger partial charge is 0.382 e. The van der Waals surface area contributed by atoms with Gasteiger partial charge in [0.05, 0.1) is 0 Å². The standard InChI is InChI=1S/C15H31N5/c1-2-3-4-5-6-7-8-9-10-11-12-14-13-15(16)19-20(17)18-14/h13,18H,2-12,17H2,1H3,(H2,16,19). The molecule has 0 radical (unpaired) electrons. The molecular formula is C15H31N5. The molecule has 0 amide bonds. The van der Waals surface area contributed by atoms with Gasteiger partial charge < -0.3 is 5.73 Å². The number of hydrazine groups is 2. The molecule has 1 aliphatic heterocycles. The fourth-order valence-electron chi connectivity index (χ4n) is 2.47. The van der Waals surface area contributed by atoms with E-state index in [0.717, 1.165) is 12.1 Å². The van der Waals surface area contributed by atoms with Crippen LogP contribution >= 0.6 is 0 Å². The van der Waals surface area contributed by atoms with Gasteiger partial charge >= 0.3 is 0 Å². The number of rotatable bonds is 11. The van der Waals surface area contributed by atoms with Crippen LogP contribution in [-0.2, 0) is 0 Å². The molecular weight excluding hydrogens is 250 g/mol. The van der Waals surface area contributed by atoms with Gasteiger partial charge in [0.25, 0.3) is 0 Å². The van der Waals surface area contributed by atoms with Gasteiger partial charge in [-0.25, -0.2) is 5.84 Å². The van der Waals surface area contributed by atoms with Crippen LogP contribution in [0.15, 0.2) is 16.9 Å². The SMILES string of the molecule is CCCCCCCCCCCCC1=CC(N)=NN(N)N1. The number of hydrogen-bond donors (Lipinski definition) is 3. The Labute approximate surface area is 123 Å². The summed E-state index contributed by atoms with van der Waals surface area (Å²) >= 11 is 0.